The lowest BCUT2D eigenvalue weighted by atomic mass is 10.0. The molecule has 0 aliphatic heterocycles. The van der Waals surface area contributed by atoms with Crippen molar-refractivity contribution in [1.29, 1.82) is 0 Å². The normalized spacial score (nSPS) is 18.8. The molecule has 5 nitrogen and oxygen atoms in total. The van der Waals surface area contributed by atoms with Gasteiger partial charge in [0.2, 0.25) is 0 Å². The summed E-state index contributed by atoms with van der Waals surface area (Å²) in [6.45, 7) is 7.05. The molecule has 0 aromatic heterocycles. The van der Waals surface area contributed by atoms with Crippen LogP contribution in [-0.2, 0) is 4.79 Å². The second kappa shape index (κ2) is 5.62. The third kappa shape index (κ3) is 3.44. The van der Waals surface area contributed by atoms with Gasteiger partial charge in [-0.2, -0.15) is 0 Å². The van der Waals surface area contributed by atoms with Crippen LogP contribution in [0.4, 0.5) is 4.79 Å². The largest absolute Gasteiger partial charge is 0.480 e. The van der Waals surface area contributed by atoms with Crippen LogP contribution in [0.25, 0.3) is 0 Å². The summed E-state index contributed by atoms with van der Waals surface area (Å²) in [6.07, 6.45) is 4.79. The van der Waals surface area contributed by atoms with Crippen molar-refractivity contribution >= 4 is 12.0 Å². The molecule has 2 saturated carbocycles. The number of nitrogens with zero attached hydrogens (tertiary/aromatic N) is 2. The van der Waals surface area contributed by atoms with Gasteiger partial charge in [-0.3, -0.25) is 0 Å². The molecule has 0 heterocycles. The van der Waals surface area contributed by atoms with Crippen molar-refractivity contribution in [1.82, 2.24) is 9.80 Å². The van der Waals surface area contributed by atoms with E-state index < -0.39 is 11.5 Å². The highest BCUT2D eigenvalue weighted by Crippen LogP contribution is 2.34. The number of carbonyl (C=O) groups excluding carboxylic acids is 1. The summed E-state index contributed by atoms with van der Waals surface area (Å²) >= 11 is 0. The molecule has 5 heteroatoms. The maximum atomic E-state index is 12.7. The molecule has 0 saturated heterocycles. The third-order valence-corrected chi connectivity index (χ3v) is 4.37. The van der Waals surface area contributed by atoms with E-state index in [2.05, 4.69) is 0 Å². The summed E-state index contributed by atoms with van der Waals surface area (Å²) in [7, 11) is 0. The maximum Gasteiger partial charge on any atom is 0.329 e. The van der Waals surface area contributed by atoms with Crippen LogP contribution in [0.3, 0.4) is 0 Å². The summed E-state index contributed by atoms with van der Waals surface area (Å²) in [6, 6.07) is -0.112. The molecule has 0 atom stereocenters. The van der Waals surface area contributed by atoms with Crippen molar-refractivity contribution in [3.63, 3.8) is 0 Å². The van der Waals surface area contributed by atoms with Crippen LogP contribution in [0.1, 0.15) is 46.5 Å². The number of hydrogen-bond acceptors (Lipinski definition) is 2. The number of rotatable bonds is 7. The first kappa shape index (κ1) is 15.1. The summed E-state index contributed by atoms with van der Waals surface area (Å²) in [5, 5.41) is 9.35. The Morgan fingerprint density at radius 3 is 1.85 bits per heavy atom. The van der Waals surface area contributed by atoms with E-state index in [1.54, 1.807) is 13.8 Å². The van der Waals surface area contributed by atoms with Gasteiger partial charge in [-0.05, 0) is 58.3 Å². The molecule has 2 fully saturated rings. The van der Waals surface area contributed by atoms with Crippen molar-refractivity contribution in [2.75, 3.05) is 19.6 Å². The minimum atomic E-state index is -1.16. The smallest absolute Gasteiger partial charge is 0.329 e. The Morgan fingerprint density at radius 2 is 1.55 bits per heavy atom. The molecule has 1 N–H and O–H groups in total. The Bertz CT molecular complexity index is 373. The van der Waals surface area contributed by atoms with Crippen LogP contribution >= 0.6 is 0 Å². The summed E-state index contributed by atoms with van der Waals surface area (Å²) in [5.74, 6) is 0.305. The Labute approximate surface area is 120 Å². The molecular formula is C15H26N2O3. The lowest BCUT2D eigenvalue weighted by molar-refractivity contribution is -0.147. The molecule has 20 heavy (non-hydrogen) atoms. The lowest BCUT2D eigenvalue weighted by Crippen LogP contribution is -2.57. The molecule has 2 aliphatic carbocycles. The minimum Gasteiger partial charge on any atom is -0.480 e. The second-order valence-corrected chi connectivity index (χ2v) is 6.68. The Hall–Kier alpha value is -1.26. The molecule has 0 aromatic carbocycles. The molecule has 0 radical (unpaired) electrons. The molecule has 0 unspecified atom stereocenters. The molecule has 2 amide bonds. The van der Waals surface area contributed by atoms with E-state index in [0.717, 1.165) is 13.1 Å². The molecule has 2 aliphatic rings. The van der Waals surface area contributed by atoms with E-state index in [1.165, 1.54) is 30.6 Å². The van der Waals surface area contributed by atoms with Gasteiger partial charge in [0.15, 0.2) is 0 Å². The zero-order valence-corrected chi connectivity index (χ0v) is 12.8. The van der Waals surface area contributed by atoms with Crippen LogP contribution in [0, 0.1) is 11.8 Å². The average Bonchev–Trinajstić information content (AvgIpc) is 3.23. The van der Waals surface area contributed by atoms with Crippen molar-refractivity contribution in [3.8, 4) is 0 Å². The van der Waals surface area contributed by atoms with Gasteiger partial charge in [-0.25, -0.2) is 9.59 Å². The lowest BCUT2D eigenvalue weighted by Gasteiger charge is -2.38. The van der Waals surface area contributed by atoms with Gasteiger partial charge in [-0.15, -0.1) is 0 Å². The van der Waals surface area contributed by atoms with Crippen LogP contribution in [0.2, 0.25) is 0 Å². The molecular weight excluding hydrogens is 256 g/mol. The molecule has 0 spiro atoms. The molecule has 2 rings (SSSR count). The van der Waals surface area contributed by atoms with E-state index in [1.807, 2.05) is 11.8 Å². The standard InChI is InChI=1S/C15H26N2O3/c1-4-17(15(2,3)13(18)19)14(20)16(9-11-5-6-11)10-12-7-8-12/h11-12H,4-10H2,1-3H3,(H,18,19). The first-order valence-electron chi connectivity index (χ1n) is 7.66. The SMILES string of the molecule is CCN(C(=O)N(CC1CC1)CC1CC1)C(C)(C)C(=O)O. The highest BCUT2D eigenvalue weighted by Gasteiger charge is 2.41. The maximum absolute atomic E-state index is 12.7. The van der Waals surface area contributed by atoms with Crippen LogP contribution in [0.15, 0.2) is 0 Å². The Kier molecular flexibility index (Phi) is 4.25. The fourth-order valence-electron chi connectivity index (χ4n) is 2.51. The molecule has 0 bridgehead atoms. The topological polar surface area (TPSA) is 60.9 Å². The predicted octanol–water partition coefficient (Wildman–Crippen LogP) is 2.41. The fraction of sp³-hybridized carbons (Fsp3) is 0.867. The number of likely N-dealkylation sites (N-methyl/N-ethyl adjacent to an activating group) is 1. The van der Waals surface area contributed by atoms with Crippen LogP contribution < -0.4 is 0 Å². The van der Waals surface area contributed by atoms with Crippen LogP contribution in [-0.4, -0.2) is 52.1 Å². The summed E-state index contributed by atoms with van der Waals surface area (Å²) in [4.78, 5) is 27.5. The van der Waals surface area contributed by atoms with Crippen LogP contribution in [0.5, 0.6) is 0 Å². The summed E-state index contributed by atoms with van der Waals surface area (Å²) in [5.41, 5.74) is -1.16. The number of aliphatic carboxylic acids is 1. The van der Waals surface area contributed by atoms with E-state index >= 15 is 0 Å². The first-order chi connectivity index (χ1) is 9.36. The van der Waals surface area contributed by atoms with Gasteiger partial charge >= 0.3 is 12.0 Å². The highest BCUT2D eigenvalue weighted by molar-refractivity contribution is 5.85. The van der Waals surface area contributed by atoms with E-state index in [9.17, 15) is 14.7 Å². The van der Waals surface area contributed by atoms with E-state index in [4.69, 9.17) is 0 Å². The molecule has 0 aromatic rings. The highest BCUT2D eigenvalue weighted by atomic mass is 16.4. The quantitative estimate of drug-likeness (QED) is 0.780. The van der Waals surface area contributed by atoms with Gasteiger partial charge in [-0.1, -0.05) is 0 Å². The monoisotopic (exact) mass is 282 g/mol. The number of carboxylic acid groups (broad SMARTS) is 1. The zero-order valence-electron chi connectivity index (χ0n) is 12.8. The second-order valence-electron chi connectivity index (χ2n) is 6.68. The Morgan fingerprint density at radius 1 is 1.10 bits per heavy atom. The average molecular weight is 282 g/mol. The van der Waals surface area contributed by atoms with Crippen molar-refractivity contribution in [3.05, 3.63) is 0 Å². The van der Waals surface area contributed by atoms with Gasteiger partial charge in [0, 0.05) is 19.6 Å². The predicted molar refractivity (Wildman–Crippen MR) is 76.5 cm³/mol. The molecule has 114 valence electrons. The van der Waals surface area contributed by atoms with Gasteiger partial charge in [0.05, 0.1) is 0 Å². The van der Waals surface area contributed by atoms with Crippen molar-refractivity contribution < 1.29 is 14.7 Å². The first-order valence-corrected chi connectivity index (χ1v) is 7.66. The minimum absolute atomic E-state index is 0.112. The number of amides is 2. The third-order valence-electron chi connectivity index (χ3n) is 4.37. The van der Waals surface area contributed by atoms with Gasteiger partial charge in [0.25, 0.3) is 0 Å². The van der Waals surface area contributed by atoms with Gasteiger partial charge < -0.3 is 14.9 Å². The van der Waals surface area contributed by atoms with Crippen molar-refractivity contribution in [2.24, 2.45) is 11.8 Å². The number of hydrogen-bond donors (Lipinski definition) is 1. The zero-order chi connectivity index (χ0) is 14.9. The van der Waals surface area contributed by atoms with Crippen molar-refractivity contribution in [2.45, 2.75) is 52.0 Å². The van der Waals surface area contributed by atoms with E-state index in [-0.39, 0.29) is 6.03 Å². The number of carbonyl (C=O) groups is 2. The Balaban J connectivity index is 2.07. The van der Waals surface area contributed by atoms with E-state index in [0.29, 0.717) is 18.4 Å². The van der Waals surface area contributed by atoms with Gasteiger partial charge in [0.1, 0.15) is 5.54 Å². The fourth-order valence-corrected chi connectivity index (χ4v) is 2.51. The number of urea groups is 1. The summed E-state index contributed by atoms with van der Waals surface area (Å²) < 4.78 is 0. The number of carboxylic acids is 1.